The SMILES string of the molecule is CNCC(C#N)C(=O)O. The van der Waals surface area contributed by atoms with Crippen LogP contribution in [0.4, 0.5) is 0 Å². The van der Waals surface area contributed by atoms with E-state index < -0.39 is 11.9 Å². The summed E-state index contributed by atoms with van der Waals surface area (Å²) in [5.41, 5.74) is 0. The molecule has 0 aromatic heterocycles. The van der Waals surface area contributed by atoms with Crippen molar-refractivity contribution in [3.05, 3.63) is 0 Å². The molecular weight excluding hydrogens is 120 g/mol. The van der Waals surface area contributed by atoms with Gasteiger partial charge in [-0.05, 0) is 7.05 Å². The fraction of sp³-hybridized carbons (Fsp3) is 0.600. The first-order valence-electron chi connectivity index (χ1n) is 2.49. The lowest BCUT2D eigenvalue weighted by atomic mass is 10.2. The summed E-state index contributed by atoms with van der Waals surface area (Å²) in [6.07, 6.45) is 0. The van der Waals surface area contributed by atoms with Gasteiger partial charge < -0.3 is 10.4 Å². The molecule has 9 heavy (non-hydrogen) atoms. The minimum absolute atomic E-state index is 0.200. The van der Waals surface area contributed by atoms with Gasteiger partial charge in [0.05, 0.1) is 6.07 Å². The van der Waals surface area contributed by atoms with Crippen LogP contribution in [0.5, 0.6) is 0 Å². The standard InChI is InChI=1S/C5H8N2O2/c1-7-3-4(2-6)5(8)9/h4,7H,3H2,1H3,(H,8,9). The molecule has 4 nitrogen and oxygen atoms in total. The maximum absolute atomic E-state index is 10.1. The van der Waals surface area contributed by atoms with Crippen molar-refractivity contribution in [3.8, 4) is 6.07 Å². The summed E-state index contributed by atoms with van der Waals surface area (Å²) in [5, 5.41) is 19.0. The molecular formula is C5H8N2O2. The molecule has 0 aromatic carbocycles. The molecule has 0 amide bonds. The lowest BCUT2D eigenvalue weighted by Crippen LogP contribution is -2.24. The van der Waals surface area contributed by atoms with E-state index >= 15 is 0 Å². The topological polar surface area (TPSA) is 73.1 Å². The molecule has 0 rings (SSSR count). The number of carboxylic acids is 1. The van der Waals surface area contributed by atoms with Crippen LogP contribution in [0.2, 0.25) is 0 Å². The monoisotopic (exact) mass is 128 g/mol. The maximum atomic E-state index is 10.1. The minimum atomic E-state index is -1.08. The van der Waals surface area contributed by atoms with Crippen LogP contribution < -0.4 is 5.32 Å². The van der Waals surface area contributed by atoms with Gasteiger partial charge in [0.2, 0.25) is 0 Å². The summed E-state index contributed by atoms with van der Waals surface area (Å²) in [4.78, 5) is 10.1. The largest absolute Gasteiger partial charge is 0.480 e. The summed E-state index contributed by atoms with van der Waals surface area (Å²) in [6.45, 7) is 0.200. The molecule has 0 aliphatic carbocycles. The van der Waals surface area contributed by atoms with Crippen LogP contribution in [-0.2, 0) is 4.79 Å². The van der Waals surface area contributed by atoms with E-state index in [0.717, 1.165) is 0 Å². The van der Waals surface area contributed by atoms with Crippen LogP contribution in [0.15, 0.2) is 0 Å². The Morgan fingerprint density at radius 2 is 2.56 bits per heavy atom. The van der Waals surface area contributed by atoms with E-state index in [4.69, 9.17) is 10.4 Å². The molecule has 0 aliphatic heterocycles. The maximum Gasteiger partial charge on any atom is 0.322 e. The van der Waals surface area contributed by atoms with E-state index in [1.165, 1.54) is 0 Å². The van der Waals surface area contributed by atoms with Crippen molar-refractivity contribution in [1.82, 2.24) is 5.32 Å². The normalized spacial score (nSPS) is 12.0. The van der Waals surface area contributed by atoms with E-state index in [1.807, 2.05) is 0 Å². The zero-order valence-corrected chi connectivity index (χ0v) is 5.09. The Labute approximate surface area is 53.1 Å². The van der Waals surface area contributed by atoms with Crippen molar-refractivity contribution in [1.29, 1.82) is 5.26 Å². The summed E-state index contributed by atoms with van der Waals surface area (Å²) in [7, 11) is 1.60. The highest BCUT2D eigenvalue weighted by molar-refractivity contribution is 5.73. The Morgan fingerprint density at radius 1 is 2.00 bits per heavy atom. The van der Waals surface area contributed by atoms with Crippen molar-refractivity contribution < 1.29 is 9.90 Å². The number of carboxylic acid groups (broad SMARTS) is 1. The highest BCUT2D eigenvalue weighted by Crippen LogP contribution is 1.89. The third-order valence-electron chi connectivity index (χ3n) is 0.862. The van der Waals surface area contributed by atoms with Gasteiger partial charge in [0.15, 0.2) is 5.92 Å². The van der Waals surface area contributed by atoms with Gasteiger partial charge in [-0.15, -0.1) is 0 Å². The number of hydrogen-bond acceptors (Lipinski definition) is 3. The molecule has 0 aromatic rings. The quantitative estimate of drug-likeness (QED) is 0.533. The molecule has 0 aliphatic rings. The number of hydrogen-bond donors (Lipinski definition) is 2. The van der Waals surface area contributed by atoms with Gasteiger partial charge in [-0.1, -0.05) is 0 Å². The van der Waals surface area contributed by atoms with Crippen LogP contribution in [0, 0.1) is 17.2 Å². The second-order valence-corrected chi connectivity index (χ2v) is 1.58. The highest BCUT2D eigenvalue weighted by Gasteiger charge is 2.13. The molecule has 1 unspecified atom stereocenters. The second kappa shape index (κ2) is 3.87. The van der Waals surface area contributed by atoms with Crippen molar-refractivity contribution >= 4 is 5.97 Å². The first-order valence-corrected chi connectivity index (χ1v) is 2.49. The number of carbonyl (C=O) groups is 1. The smallest absolute Gasteiger partial charge is 0.322 e. The minimum Gasteiger partial charge on any atom is -0.480 e. The summed E-state index contributed by atoms with van der Waals surface area (Å²) in [6, 6.07) is 1.64. The van der Waals surface area contributed by atoms with Gasteiger partial charge in [-0.2, -0.15) is 5.26 Å². The summed E-state index contributed by atoms with van der Waals surface area (Å²) < 4.78 is 0. The lowest BCUT2D eigenvalue weighted by molar-refractivity contribution is -0.139. The Kier molecular flexibility index (Phi) is 3.40. The Hall–Kier alpha value is -1.08. The van der Waals surface area contributed by atoms with E-state index in [9.17, 15) is 4.79 Å². The van der Waals surface area contributed by atoms with Crippen LogP contribution in [-0.4, -0.2) is 24.7 Å². The zero-order chi connectivity index (χ0) is 7.28. The van der Waals surface area contributed by atoms with Crippen LogP contribution in [0.3, 0.4) is 0 Å². The zero-order valence-electron chi connectivity index (χ0n) is 5.09. The predicted molar refractivity (Wildman–Crippen MR) is 30.7 cm³/mol. The number of rotatable bonds is 3. The number of nitrogens with zero attached hydrogens (tertiary/aromatic N) is 1. The van der Waals surface area contributed by atoms with Gasteiger partial charge in [0.1, 0.15) is 0 Å². The molecule has 0 bridgehead atoms. The predicted octanol–water partition coefficient (Wildman–Crippen LogP) is -0.570. The molecule has 2 N–H and O–H groups in total. The van der Waals surface area contributed by atoms with Crippen molar-refractivity contribution in [2.75, 3.05) is 13.6 Å². The molecule has 1 atom stereocenters. The third-order valence-corrected chi connectivity index (χ3v) is 0.862. The second-order valence-electron chi connectivity index (χ2n) is 1.58. The average Bonchev–Trinajstić information content (AvgIpc) is 1.82. The van der Waals surface area contributed by atoms with Gasteiger partial charge >= 0.3 is 5.97 Å². The molecule has 0 fully saturated rings. The Balaban J connectivity index is 3.72. The lowest BCUT2D eigenvalue weighted by Gasteiger charge is -1.99. The van der Waals surface area contributed by atoms with Crippen molar-refractivity contribution in [3.63, 3.8) is 0 Å². The van der Waals surface area contributed by atoms with Gasteiger partial charge in [0.25, 0.3) is 0 Å². The number of aliphatic carboxylic acids is 1. The van der Waals surface area contributed by atoms with E-state index in [-0.39, 0.29) is 6.54 Å². The van der Waals surface area contributed by atoms with Crippen LogP contribution in [0.25, 0.3) is 0 Å². The van der Waals surface area contributed by atoms with Crippen molar-refractivity contribution in [2.45, 2.75) is 0 Å². The van der Waals surface area contributed by atoms with Gasteiger partial charge in [-0.25, -0.2) is 0 Å². The Bertz CT molecular complexity index is 138. The van der Waals surface area contributed by atoms with Crippen molar-refractivity contribution in [2.24, 2.45) is 5.92 Å². The first-order chi connectivity index (χ1) is 4.22. The molecule has 0 radical (unpaired) electrons. The van der Waals surface area contributed by atoms with Gasteiger partial charge in [-0.3, -0.25) is 4.79 Å². The molecule has 0 saturated heterocycles. The summed E-state index contributed by atoms with van der Waals surface area (Å²) in [5.74, 6) is -2.00. The van der Waals surface area contributed by atoms with Crippen LogP contribution in [0.1, 0.15) is 0 Å². The molecule has 4 heteroatoms. The number of nitriles is 1. The fourth-order valence-corrected chi connectivity index (χ4v) is 0.392. The number of nitrogens with one attached hydrogen (secondary N) is 1. The average molecular weight is 128 g/mol. The van der Waals surface area contributed by atoms with E-state index in [0.29, 0.717) is 0 Å². The molecule has 0 spiro atoms. The van der Waals surface area contributed by atoms with E-state index in [1.54, 1.807) is 13.1 Å². The molecule has 0 saturated carbocycles. The first kappa shape index (κ1) is 7.92. The molecule has 0 heterocycles. The van der Waals surface area contributed by atoms with E-state index in [2.05, 4.69) is 5.32 Å². The fourth-order valence-electron chi connectivity index (χ4n) is 0.392. The Morgan fingerprint density at radius 3 is 2.67 bits per heavy atom. The highest BCUT2D eigenvalue weighted by atomic mass is 16.4. The van der Waals surface area contributed by atoms with Gasteiger partial charge in [0, 0.05) is 6.54 Å². The van der Waals surface area contributed by atoms with Crippen LogP contribution >= 0.6 is 0 Å². The summed E-state index contributed by atoms with van der Waals surface area (Å²) >= 11 is 0. The third kappa shape index (κ3) is 2.67. The molecule has 50 valence electrons.